The van der Waals surface area contributed by atoms with Crippen LogP contribution in [-0.4, -0.2) is 100 Å². The summed E-state index contributed by atoms with van der Waals surface area (Å²) in [6.45, 7) is 21.0. The standard InChI is InChI=1S/C18H43NO6Si2.C5H12O3Si/c1-7-20-26(21-8-2,22-9-3)17-13-15-19-16-14-18-27(23-10-4,24-11-5)25-12-6;1-5-9(6-2,7-3)8-4/h19H,7-18H2,1-6H3;5H,1H2,2-4H3. The molecule has 0 aliphatic heterocycles. The van der Waals surface area contributed by atoms with Crippen LogP contribution in [0.15, 0.2) is 12.3 Å². The molecular weight excluding hydrogens is 519 g/mol. The fourth-order valence-corrected chi connectivity index (χ4v) is 9.71. The monoisotopic (exact) mass is 573 g/mol. The summed E-state index contributed by atoms with van der Waals surface area (Å²) in [6.07, 6.45) is 1.94. The summed E-state index contributed by atoms with van der Waals surface area (Å²) in [5.41, 5.74) is 1.58. The zero-order chi connectivity index (χ0) is 27.8. The van der Waals surface area contributed by atoms with Gasteiger partial charge in [-0.2, -0.15) is 0 Å². The zero-order valence-electron chi connectivity index (χ0n) is 24.4. The van der Waals surface area contributed by atoms with Crippen LogP contribution in [0.1, 0.15) is 54.4 Å². The lowest BCUT2D eigenvalue weighted by molar-refractivity contribution is 0.0705. The molecule has 13 heteroatoms. The van der Waals surface area contributed by atoms with E-state index < -0.39 is 26.4 Å². The maximum absolute atomic E-state index is 5.89. The van der Waals surface area contributed by atoms with Gasteiger partial charge in [-0.1, -0.05) is 6.58 Å². The van der Waals surface area contributed by atoms with Crippen molar-refractivity contribution in [2.45, 2.75) is 66.5 Å². The van der Waals surface area contributed by atoms with Crippen molar-refractivity contribution in [3.8, 4) is 0 Å². The van der Waals surface area contributed by atoms with Gasteiger partial charge in [0.1, 0.15) is 0 Å². The number of nitrogens with one attached hydrogen (secondary N) is 1. The summed E-state index contributed by atoms with van der Waals surface area (Å²) in [6, 6.07) is 1.68. The quantitative estimate of drug-likeness (QED) is 0.135. The van der Waals surface area contributed by atoms with Gasteiger partial charge in [0.15, 0.2) is 0 Å². The molecule has 0 aromatic rings. The predicted molar refractivity (Wildman–Crippen MR) is 150 cm³/mol. The van der Waals surface area contributed by atoms with E-state index >= 15 is 0 Å². The van der Waals surface area contributed by atoms with Crippen LogP contribution in [-0.2, 0) is 39.8 Å². The van der Waals surface area contributed by atoms with Crippen LogP contribution in [0.3, 0.4) is 0 Å². The summed E-state index contributed by atoms with van der Waals surface area (Å²) >= 11 is 0. The van der Waals surface area contributed by atoms with Crippen LogP contribution in [0.2, 0.25) is 12.1 Å². The Hall–Kier alpha value is -0.00935. The molecule has 36 heavy (non-hydrogen) atoms. The van der Waals surface area contributed by atoms with Crippen molar-refractivity contribution in [3.05, 3.63) is 12.3 Å². The first-order valence-electron chi connectivity index (χ1n) is 13.1. The van der Waals surface area contributed by atoms with E-state index in [1.54, 1.807) is 27.0 Å². The van der Waals surface area contributed by atoms with Crippen molar-refractivity contribution in [2.24, 2.45) is 0 Å². The summed E-state index contributed by atoms with van der Waals surface area (Å²) in [5.74, 6) is 0. The number of hydrogen-bond acceptors (Lipinski definition) is 10. The van der Waals surface area contributed by atoms with Gasteiger partial charge in [0.25, 0.3) is 0 Å². The van der Waals surface area contributed by atoms with Crippen molar-refractivity contribution in [1.29, 1.82) is 0 Å². The van der Waals surface area contributed by atoms with Crippen LogP contribution in [0.5, 0.6) is 0 Å². The topological polar surface area (TPSA) is 95.1 Å². The second kappa shape index (κ2) is 24.1. The van der Waals surface area contributed by atoms with Gasteiger partial charge in [-0.25, -0.2) is 0 Å². The summed E-state index contributed by atoms with van der Waals surface area (Å²) in [4.78, 5) is 0. The van der Waals surface area contributed by atoms with Crippen molar-refractivity contribution < 1.29 is 39.8 Å². The van der Waals surface area contributed by atoms with E-state index in [0.717, 1.165) is 38.0 Å². The van der Waals surface area contributed by atoms with Crippen molar-refractivity contribution in [2.75, 3.05) is 74.1 Å². The van der Waals surface area contributed by atoms with E-state index in [1.165, 1.54) is 0 Å². The largest absolute Gasteiger partial charge is 0.528 e. The third kappa shape index (κ3) is 16.1. The highest BCUT2D eigenvalue weighted by Gasteiger charge is 2.40. The van der Waals surface area contributed by atoms with E-state index in [-0.39, 0.29) is 0 Å². The van der Waals surface area contributed by atoms with Crippen molar-refractivity contribution >= 4 is 26.4 Å². The second-order valence-corrected chi connectivity index (χ2v) is 15.6. The normalized spacial score (nSPS) is 12.4. The molecule has 0 aliphatic rings. The molecule has 0 radical (unpaired) electrons. The predicted octanol–water partition coefficient (Wildman–Crippen LogP) is 4.04. The van der Waals surface area contributed by atoms with Gasteiger partial charge in [0.05, 0.1) is 0 Å². The van der Waals surface area contributed by atoms with Crippen LogP contribution in [0, 0.1) is 0 Å². The zero-order valence-corrected chi connectivity index (χ0v) is 27.4. The number of hydrogen-bond donors (Lipinski definition) is 1. The molecule has 0 saturated carbocycles. The average molecular weight is 574 g/mol. The minimum atomic E-state index is -2.52. The molecule has 0 saturated heterocycles. The molecule has 0 amide bonds. The van der Waals surface area contributed by atoms with Crippen LogP contribution < -0.4 is 5.32 Å². The van der Waals surface area contributed by atoms with Crippen LogP contribution in [0.25, 0.3) is 0 Å². The molecule has 0 aromatic heterocycles. The Balaban J connectivity index is 0. The molecule has 0 unspecified atom stereocenters. The highest BCUT2D eigenvalue weighted by molar-refractivity contribution is 6.66. The first kappa shape index (κ1) is 38.1. The SMILES string of the molecule is C=C[Si](OC)(OC)OC.CCO[Si](CCCNCCC[Si](OCC)(OCC)OCC)(OCC)OCC. The van der Waals surface area contributed by atoms with E-state index in [9.17, 15) is 0 Å². The Morgan fingerprint density at radius 2 is 0.833 bits per heavy atom. The lowest BCUT2D eigenvalue weighted by Crippen LogP contribution is -2.46. The fraction of sp³-hybridized carbons (Fsp3) is 0.913. The fourth-order valence-electron chi connectivity index (χ4n) is 3.49. The summed E-state index contributed by atoms with van der Waals surface area (Å²) in [7, 11) is -2.84. The van der Waals surface area contributed by atoms with E-state index in [1.807, 2.05) is 41.5 Å². The van der Waals surface area contributed by atoms with Gasteiger partial charge >= 0.3 is 26.4 Å². The average Bonchev–Trinajstić information content (AvgIpc) is 2.87. The Kier molecular flexibility index (Phi) is 25.5. The van der Waals surface area contributed by atoms with Crippen molar-refractivity contribution in [1.82, 2.24) is 5.32 Å². The minimum absolute atomic E-state index is 0.624. The van der Waals surface area contributed by atoms with E-state index in [0.29, 0.717) is 39.6 Å². The first-order valence-corrected chi connectivity index (χ1v) is 18.8. The third-order valence-electron chi connectivity index (χ3n) is 4.96. The van der Waals surface area contributed by atoms with Gasteiger partial charge in [0, 0.05) is 73.1 Å². The van der Waals surface area contributed by atoms with E-state index in [4.69, 9.17) is 39.8 Å². The second-order valence-electron chi connectivity index (χ2n) is 7.34. The Bertz CT molecular complexity index is 431. The molecule has 10 nitrogen and oxygen atoms in total. The molecule has 0 aromatic carbocycles. The minimum Gasteiger partial charge on any atom is -0.374 e. The third-order valence-corrected chi connectivity index (χ3v) is 13.5. The molecule has 218 valence electrons. The maximum Gasteiger partial charge on any atom is 0.528 e. The maximum atomic E-state index is 5.89. The highest BCUT2D eigenvalue weighted by Crippen LogP contribution is 2.19. The molecule has 0 atom stereocenters. The molecule has 0 heterocycles. The molecule has 0 aliphatic carbocycles. The lowest BCUT2D eigenvalue weighted by atomic mass is 10.4. The molecule has 0 fully saturated rings. The van der Waals surface area contributed by atoms with Crippen LogP contribution in [0.4, 0.5) is 0 Å². The Morgan fingerprint density at radius 1 is 0.556 bits per heavy atom. The smallest absolute Gasteiger partial charge is 0.374 e. The van der Waals surface area contributed by atoms with Gasteiger partial charge in [-0.3, -0.25) is 0 Å². The first-order chi connectivity index (χ1) is 17.3. The van der Waals surface area contributed by atoms with Gasteiger partial charge in [-0.05, 0) is 73.2 Å². The Morgan fingerprint density at radius 3 is 1.00 bits per heavy atom. The summed E-state index contributed by atoms with van der Waals surface area (Å²) < 4.78 is 50.2. The molecule has 0 spiro atoms. The van der Waals surface area contributed by atoms with Gasteiger partial charge < -0.3 is 45.2 Å². The number of rotatable bonds is 24. The molecule has 0 rings (SSSR count). The summed E-state index contributed by atoms with van der Waals surface area (Å²) in [5, 5.41) is 3.49. The van der Waals surface area contributed by atoms with Crippen molar-refractivity contribution in [3.63, 3.8) is 0 Å². The molecule has 1 N–H and O–H groups in total. The van der Waals surface area contributed by atoms with Crippen LogP contribution >= 0.6 is 0 Å². The van der Waals surface area contributed by atoms with Gasteiger partial charge in [0.2, 0.25) is 0 Å². The van der Waals surface area contributed by atoms with Gasteiger partial charge in [-0.15, -0.1) is 0 Å². The lowest BCUT2D eigenvalue weighted by Gasteiger charge is -2.29. The molecule has 0 bridgehead atoms. The highest BCUT2D eigenvalue weighted by atomic mass is 28.4. The molecular formula is C23H55NO9Si3. The van der Waals surface area contributed by atoms with E-state index in [2.05, 4.69) is 11.9 Å². The Labute approximate surface area is 224 Å².